The molecule has 21 heavy (non-hydrogen) atoms. The number of hydrogen-bond acceptors (Lipinski definition) is 4. The largest absolute Gasteiger partial charge is 0.383 e. The molecule has 0 spiro atoms. The molecule has 0 saturated carbocycles. The summed E-state index contributed by atoms with van der Waals surface area (Å²) in [4.78, 5) is 0. The Hall–Kier alpha value is -0.210. The Balaban J connectivity index is 3.00. The van der Waals surface area contributed by atoms with Crippen molar-refractivity contribution in [1.82, 2.24) is 8.61 Å². The Bertz CT molecular complexity index is 385. The minimum atomic E-state index is -3.47. The van der Waals surface area contributed by atoms with Crippen molar-refractivity contribution in [2.24, 2.45) is 5.73 Å². The van der Waals surface area contributed by atoms with Crippen LogP contribution in [0.4, 0.5) is 0 Å². The number of nitrogens with two attached hydrogens (primary N) is 1. The van der Waals surface area contributed by atoms with Crippen LogP contribution in [-0.4, -0.2) is 62.5 Å². The third-order valence-electron chi connectivity index (χ3n) is 4.30. The van der Waals surface area contributed by atoms with Gasteiger partial charge in [-0.25, -0.2) is 0 Å². The van der Waals surface area contributed by atoms with Crippen molar-refractivity contribution in [2.75, 3.05) is 33.4 Å². The molecule has 126 valence electrons. The van der Waals surface area contributed by atoms with Crippen molar-refractivity contribution in [1.29, 1.82) is 0 Å². The summed E-state index contributed by atoms with van der Waals surface area (Å²) in [6.45, 7) is 5.84. The molecule has 0 aromatic carbocycles. The van der Waals surface area contributed by atoms with Crippen LogP contribution in [0.3, 0.4) is 0 Å². The van der Waals surface area contributed by atoms with E-state index in [0.29, 0.717) is 26.2 Å². The number of methoxy groups -OCH3 is 1. The predicted molar refractivity (Wildman–Crippen MR) is 85.3 cm³/mol. The van der Waals surface area contributed by atoms with Crippen LogP contribution in [0.2, 0.25) is 0 Å². The third kappa shape index (κ3) is 4.63. The van der Waals surface area contributed by atoms with Gasteiger partial charge in [0.2, 0.25) is 0 Å². The summed E-state index contributed by atoms with van der Waals surface area (Å²) >= 11 is 0. The first-order chi connectivity index (χ1) is 10.0. The Morgan fingerprint density at radius 1 is 1.33 bits per heavy atom. The zero-order valence-corrected chi connectivity index (χ0v) is 14.4. The number of ether oxygens (including phenoxy) is 1. The van der Waals surface area contributed by atoms with Crippen LogP contribution < -0.4 is 5.73 Å². The zero-order valence-electron chi connectivity index (χ0n) is 13.6. The van der Waals surface area contributed by atoms with Crippen molar-refractivity contribution in [2.45, 2.75) is 58.0 Å². The third-order valence-corrected chi connectivity index (χ3v) is 6.45. The fourth-order valence-corrected chi connectivity index (χ4v) is 5.19. The van der Waals surface area contributed by atoms with Crippen molar-refractivity contribution in [3.05, 3.63) is 0 Å². The Morgan fingerprint density at radius 2 is 2.00 bits per heavy atom. The van der Waals surface area contributed by atoms with E-state index in [1.165, 1.54) is 0 Å². The lowest BCUT2D eigenvalue weighted by molar-refractivity contribution is 0.152. The first-order valence-corrected chi connectivity index (χ1v) is 9.40. The van der Waals surface area contributed by atoms with E-state index >= 15 is 0 Å². The van der Waals surface area contributed by atoms with Gasteiger partial charge in [0.15, 0.2) is 0 Å². The van der Waals surface area contributed by atoms with Crippen LogP contribution >= 0.6 is 0 Å². The number of hydrogen-bond donors (Lipinski definition) is 1. The molecule has 0 bridgehead atoms. The van der Waals surface area contributed by atoms with Gasteiger partial charge in [0.25, 0.3) is 10.2 Å². The molecule has 0 amide bonds. The lowest BCUT2D eigenvalue weighted by atomic mass is 10.1. The van der Waals surface area contributed by atoms with Crippen LogP contribution in [0.15, 0.2) is 0 Å². The molecule has 1 rings (SSSR count). The highest BCUT2D eigenvalue weighted by Gasteiger charge is 2.38. The second-order valence-corrected chi connectivity index (χ2v) is 7.41. The smallest absolute Gasteiger partial charge is 0.282 e. The molecule has 6 nitrogen and oxygen atoms in total. The van der Waals surface area contributed by atoms with Gasteiger partial charge in [0.1, 0.15) is 0 Å². The molecule has 2 N–H and O–H groups in total. The van der Waals surface area contributed by atoms with Gasteiger partial charge in [-0.3, -0.25) is 0 Å². The van der Waals surface area contributed by atoms with Gasteiger partial charge in [-0.15, -0.1) is 0 Å². The van der Waals surface area contributed by atoms with Crippen molar-refractivity contribution < 1.29 is 13.2 Å². The van der Waals surface area contributed by atoms with E-state index < -0.39 is 10.2 Å². The SMILES string of the molecule is CCC(CC)N(CCOC)S(=O)(=O)N1CCCCC1CN. The Morgan fingerprint density at radius 3 is 2.52 bits per heavy atom. The zero-order chi connectivity index (χ0) is 15.9. The van der Waals surface area contributed by atoms with E-state index in [-0.39, 0.29) is 12.1 Å². The molecule has 1 unspecified atom stereocenters. The van der Waals surface area contributed by atoms with Crippen LogP contribution in [-0.2, 0) is 14.9 Å². The average Bonchev–Trinajstić information content (AvgIpc) is 2.51. The summed E-state index contributed by atoms with van der Waals surface area (Å²) in [6, 6.07) is -0.0475. The molecular weight excluding hydrogens is 290 g/mol. The minimum Gasteiger partial charge on any atom is -0.383 e. The number of piperidine rings is 1. The second-order valence-electron chi connectivity index (χ2n) is 5.58. The van der Waals surface area contributed by atoms with Gasteiger partial charge in [-0.05, 0) is 25.7 Å². The summed E-state index contributed by atoms with van der Waals surface area (Å²) in [7, 11) is -1.88. The molecule has 0 aliphatic carbocycles. The number of nitrogens with zero attached hydrogens (tertiary/aromatic N) is 2. The van der Waals surface area contributed by atoms with Crippen molar-refractivity contribution in [3.63, 3.8) is 0 Å². The summed E-state index contributed by atoms with van der Waals surface area (Å²) in [5.41, 5.74) is 5.78. The monoisotopic (exact) mass is 321 g/mol. The maximum absolute atomic E-state index is 13.1. The maximum Gasteiger partial charge on any atom is 0.282 e. The summed E-state index contributed by atoms with van der Waals surface area (Å²) < 4.78 is 34.5. The normalized spacial score (nSPS) is 21.3. The summed E-state index contributed by atoms with van der Waals surface area (Å²) in [5, 5.41) is 0. The van der Waals surface area contributed by atoms with Crippen LogP contribution in [0, 0.1) is 0 Å². The van der Waals surface area contributed by atoms with E-state index in [2.05, 4.69) is 0 Å². The fraction of sp³-hybridized carbons (Fsp3) is 1.00. The quantitative estimate of drug-likeness (QED) is 0.692. The van der Waals surface area contributed by atoms with Crippen LogP contribution in [0.5, 0.6) is 0 Å². The van der Waals surface area contributed by atoms with E-state index in [4.69, 9.17) is 10.5 Å². The Kier molecular flexibility index (Phi) is 8.12. The van der Waals surface area contributed by atoms with E-state index in [0.717, 1.165) is 32.1 Å². The summed E-state index contributed by atoms with van der Waals surface area (Å²) in [6.07, 6.45) is 4.44. The van der Waals surface area contributed by atoms with Gasteiger partial charge in [-0.1, -0.05) is 20.3 Å². The molecular formula is C14H31N3O3S. The molecule has 1 saturated heterocycles. The maximum atomic E-state index is 13.1. The van der Waals surface area contributed by atoms with Gasteiger partial charge >= 0.3 is 0 Å². The van der Waals surface area contributed by atoms with Crippen molar-refractivity contribution >= 4 is 10.2 Å². The standard InChI is InChI=1S/C14H31N3O3S/c1-4-13(5-2)17(10-11-20-3)21(18,19)16-9-7-6-8-14(16)12-15/h13-14H,4-12,15H2,1-3H3. The first-order valence-electron chi connectivity index (χ1n) is 8.00. The van der Waals surface area contributed by atoms with Crippen molar-refractivity contribution in [3.8, 4) is 0 Å². The van der Waals surface area contributed by atoms with E-state index in [9.17, 15) is 8.42 Å². The molecule has 1 aliphatic rings. The molecule has 0 radical (unpaired) electrons. The predicted octanol–water partition coefficient (Wildman–Crippen LogP) is 1.18. The summed E-state index contributed by atoms with van der Waals surface area (Å²) in [5.74, 6) is 0. The molecule has 1 heterocycles. The molecule has 1 aliphatic heterocycles. The highest BCUT2D eigenvalue weighted by Crippen LogP contribution is 2.24. The second kappa shape index (κ2) is 9.05. The molecule has 1 fully saturated rings. The molecule has 7 heteroatoms. The Labute approximate surface area is 129 Å². The minimum absolute atomic E-state index is 0.0190. The fourth-order valence-electron chi connectivity index (χ4n) is 3.01. The van der Waals surface area contributed by atoms with Gasteiger partial charge in [0.05, 0.1) is 6.61 Å². The molecule has 0 aromatic heterocycles. The van der Waals surface area contributed by atoms with E-state index in [1.807, 2.05) is 13.8 Å². The van der Waals surface area contributed by atoms with Crippen LogP contribution in [0.25, 0.3) is 0 Å². The van der Waals surface area contributed by atoms with Crippen LogP contribution in [0.1, 0.15) is 46.0 Å². The number of rotatable bonds is 9. The van der Waals surface area contributed by atoms with Gasteiger partial charge in [0, 0.05) is 38.8 Å². The average molecular weight is 321 g/mol. The molecule has 0 aromatic rings. The lowest BCUT2D eigenvalue weighted by Crippen LogP contribution is -2.55. The van der Waals surface area contributed by atoms with Gasteiger partial charge < -0.3 is 10.5 Å². The van der Waals surface area contributed by atoms with Gasteiger partial charge in [-0.2, -0.15) is 17.0 Å². The highest BCUT2D eigenvalue weighted by molar-refractivity contribution is 7.86. The molecule has 1 atom stereocenters. The van der Waals surface area contributed by atoms with E-state index in [1.54, 1.807) is 15.7 Å². The lowest BCUT2D eigenvalue weighted by Gasteiger charge is -2.39. The first kappa shape index (κ1) is 18.8. The topological polar surface area (TPSA) is 75.9 Å². The highest BCUT2D eigenvalue weighted by atomic mass is 32.2.